The van der Waals surface area contributed by atoms with Gasteiger partial charge in [0.05, 0.1) is 11.3 Å². The molecule has 1 aromatic carbocycles. The van der Waals surface area contributed by atoms with Crippen molar-refractivity contribution in [1.82, 2.24) is 4.90 Å². The number of aromatic carboxylic acids is 1. The lowest BCUT2D eigenvalue weighted by atomic mass is 10.2. The summed E-state index contributed by atoms with van der Waals surface area (Å²) < 4.78 is 0.810. The smallest absolute Gasteiger partial charge is 0.337 e. The Morgan fingerprint density at radius 1 is 1.44 bits per heavy atom. The van der Waals surface area contributed by atoms with Crippen LogP contribution >= 0.6 is 22.6 Å². The van der Waals surface area contributed by atoms with Crippen LogP contribution < -0.4 is 5.32 Å². The SMILES string of the molecule is CCCN(C)C(=O)Nc1ccc(I)cc1C(=O)O. The summed E-state index contributed by atoms with van der Waals surface area (Å²) in [4.78, 5) is 24.4. The largest absolute Gasteiger partial charge is 0.478 e. The standard InChI is InChI=1S/C12H15IN2O3/c1-3-6-15(2)12(18)14-10-5-4-8(13)7-9(10)11(16)17/h4-5,7H,3,6H2,1-2H3,(H,14,18)(H,16,17). The molecule has 0 atom stereocenters. The molecule has 0 aliphatic carbocycles. The predicted octanol–water partition coefficient (Wildman–Crippen LogP) is 2.86. The first-order valence-corrected chi connectivity index (χ1v) is 6.58. The first kappa shape index (κ1) is 14.7. The molecule has 0 saturated heterocycles. The molecule has 0 aliphatic heterocycles. The van der Waals surface area contributed by atoms with Crippen LogP contribution in [0.1, 0.15) is 23.7 Å². The van der Waals surface area contributed by atoms with Crippen molar-refractivity contribution in [2.75, 3.05) is 18.9 Å². The minimum atomic E-state index is -1.05. The summed E-state index contributed by atoms with van der Waals surface area (Å²) in [6.07, 6.45) is 0.850. The molecule has 0 saturated carbocycles. The number of rotatable bonds is 4. The molecule has 5 nitrogen and oxygen atoms in total. The number of carboxylic acids is 1. The summed E-state index contributed by atoms with van der Waals surface area (Å²) in [5.41, 5.74) is 0.413. The molecular weight excluding hydrogens is 347 g/mol. The number of hydrogen-bond donors (Lipinski definition) is 2. The third-order valence-corrected chi connectivity index (χ3v) is 3.03. The first-order valence-electron chi connectivity index (χ1n) is 5.50. The van der Waals surface area contributed by atoms with Gasteiger partial charge >= 0.3 is 12.0 Å². The van der Waals surface area contributed by atoms with E-state index in [4.69, 9.17) is 5.11 Å². The second-order valence-electron chi connectivity index (χ2n) is 3.85. The van der Waals surface area contributed by atoms with Crippen LogP contribution in [0.4, 0.5) is 10.5 Å². The first-order chi connectivity index (χ1) is 8.45. The molecule has 6 heteroatoms. The highest BCUT2D eigenvalue weighted by molar-refractivity contribution is 14.1. The summed E-state index contributed by atoms with van der Waals surface area (Å²) in [5, 5.41) is 11.7. The molecule has 0 radical (unpaired) electrons. The van der Waals surface area contributed by atoms with Gasteiger partial charge in [0.1, 0.15) is 0 Å². The summed E-state index contributed by atoms with van der Waals surface area (Å²) >= 11 is 2.03. The maximum Gasteiger partial charge on any atom is 0.337 e. The van der Waals surface area contributed by atoms with Gasteiger partial charge in [-0.3, -0.25) is 0 Å². The van der Waals surface area contributed by atoms with E-state index >= 15 is 0 Å². The summed E-state index contributed by atoms with van der Waals surface area (Å²) in [6.45, 7) is 2.59. The molecule has 0 bridgehead atoms. The Morgan fingerprint density at radius 3 is 2.67 bits per heavy atom. The molecule has 0 aromatic heterocycles. The Morgan fingerprint density at radius 2 is 2.11 bits per heavy atom. The van der Waals surface area contributed by atoms with Gasteiger partial charge in [-0.2, -0.15) is 0 Å². The number of halogens is 1. The third kappa shape index (κ3) is 3.86. The normalized spacial score (nSPS) is 9.94. The average Bonchev–Trinajstić information content (AvgIpc) is 2.31. The van der Waals surface area contributed by atoms with Crippen LogP contribution in [0.15, 0.2) is 18.2 Å². The van der Waals surface area contributed by atoms with Gasteiger partial charge in [0.25, 0.3) is 0 Å². The minimum absolute atomic E-state index is 0.0974. The lowest BCUT2D eigenvalue weighted by Crippen LogP contribution is -2.32. The maximum absolute atomic E-state index is 11.8. The molecule has 0 unspecified atom stereocenters. The minimum Gasteiger partial charge on any atom is -0.478 e. The quantitative estimate of drug-likeness (QED) is 0.810. The second-order valence-corrected chi connectivity index (χ2v) is 5.09. The molecule has 18 heavy (non-hydrogen) atoms. The molecule has 2 N–H and O–H groups in total. The number of hydrogen-bond acceptors (Lipinski definition) is 2. The highest BCUT2D eigenvalue weighted by atomic mass is 127. The van der Waals surface area contributed by atoms with Crippen molar-refractivity contribution in [2.45, 2.75) is 13.3 Å². The summed E-state index contributed by atoms with van der Waals surface area (Å²) in [5.74, 6) is -1.05. The lowest BCUT2D eigenvalue weighted by Gasteiger charge is -2.17. The Labute approximate surface area is 119 Å². The Kier molecular flexibility index (Phi) is 5.39. The zero-order valence-electron chi connectivity index (χ0n) is 10.2. The van der Waals surface area contributed by atoms with Crippen molar-refractivity contribution in [3.05, 3.63) is 27.3 Å². The fraction of sp³-hybridized carbons (Fsp3) is 0.333. The van der Waals surface area contributed by atoms with Gasteiger partial charge in [-0.1, -0.05) is 6.92 Å². The van der Waals surface area contributed by atoms with Gasteiger partial charge in [0.2, 0.25) is 0 Å². The number of carboxylic acid groups (broad SMARTS) is 1. The van der Waals surface area contributed by atoms with Gasteiger partial charge in [0.15, 0.2) is 0 Å². The van der Waals surface area contributed by atoms with Crippen LogP contribution in [0.2, 0.25) is 0 Å². The van der Waals surface area contributed by atoms with E-state index in [0.717, 1.165) is 9.99 Å². The van der Waals surface area contributed by atoms with E-state index < -0.39 is 5.97 Å². The van der Waals surface area contributed by atoms with E-state index in [1.807, 2.05) is 29.5 Å². The molecule has 0 spiro atoms. The number of anilines is 1. The van der Waals surface area contributed by atoms with E-state index in [1.54, 1.807) is 19.2 Å². The van der Waals surface area contributed by atoms with Crippen molar-refractivity contribution >= 4 is 40.3 Å². The van der Waals surface area contributed by atoms with Crippen LogP contribution in [0.3, 0.4) is 0 Å². The number of carbonyl (C=O) groups excluding carboxylic acids is 1. The fourth-order valence-corrected chi connectivity index (χ4v) is 1.94. The Bertz CT molecular complexity index is 463. The van der Waals surface area contributed by atoms with Gasteiger partial charge < -0.3 is 15.3 Å². The molecule has 0 fully saturated rings. The zero-order valence-corrected chi connectivity index (χ0v) is 12.4. The van der Waals surface area contributed by atoms with Crippen molar-refractivity contribution < 1.29 is 14.7 Å². The molecule has 0 aliphatic rings. The van der Waals surface area contributed by atoms with Crippen molar-refractivity contribution in [2.24, 2.45) is 0 Å². The number of carbonyl (C=O) groups is 2. The lowest BCUT2D eigenvalue weighted by molar-refractivity contribution is 0.0698. The fourth-order valence-electron chi connectivity index (χ4n) is 1.45. The number of amides is 2. The number of benzene rings is 1. The van der Waals surface area contributed by atoms with Crippen molar-refractivity contribution in [1.29, 1.82) is 0 Å². The zero-order chi connectivity index (χ0) is 13.7. The predicted molar refractivity (Wildman–Crippen MR) is 78.1 cm³/mol. The highest BCUT2D eigenvalue weighted by Gasteiger charge is 2.14. The third-order valence-electron chi connectivity index (χ3n) is 2.36. The molecule has 1 rings (SSSR count). The van der Waals surface area contributed by atoms with Crippen LogP contribution in [0.25, 0.3) is 0 Å². The van der Waals surface area contributed by atoms with E-state index in [2.05, 4.69) is 5.32 Å². The van der Waals surface area contributed by atoms with E-state index in [9.17, 15) is 9.59 Å². The van der Waals surface area contributed by atoms with Gasteiger partial charge in [-0.15, -0.1) is 0 Å². The average molecular weight is 362 g/mol. The van der Waals surface area contributed by atoms with E-state index in [0.29, 0.717) is 12.2 Å². The molecular formula is C12H15IN2O3. The number of urea groups is 1. The van der Waals surface area contributed by atoms with Crippen molar-refractivity contribution in [3.63, 3.8) is 0 Å². The Balaban J connectivity index is 2.90. The second kappa shape index (κ2) is 6.58. The number of nitrogens with zero attached hydrogens (tertiary/aromatic N) is 1. The Hall–Kier alpha value is -1.31. The van der Waals surface area contributed by atoms with Gasteiger partial charge in [0, 0.05) is 17.2 Å². The maximum atomic E-state index is 11.8. The molecule has 1 aromatic rings. The molecule has 2 amide bonds. The highest BCUT2D eigenvalue weighted by Crippen LogP contribution is 2.19. The monoisotopic (exact) mass is 362 g/mol. The van der Waals surface area contributed by atoms with Crippen LogP contribution in [-0.2, 0) is 0 Å². The molecule has 0 heterocycles. The summed E-state index contributed by atoms with van der Waals surface area (Å²) in [6, 6.07) is 4.57. The number of nitrogens with one attached hydrogen (secondary N) is 1. The topological polar surface area (TPSA) is 69.6 Å². The van der Waals surface area contributed by atoms with Crippen LogP contribution in [0.5, 0.6) is 0 Å². The van der Waals surface area contributed by atoms with Crippen LogP contribution in [0, 0.1) is 3.57 Å². The van der Waals surface area contributed by atoms with Crippen molar-refractivity contribution in [3.8, 4) is 0 Å². The van der Waals surface area contributed by atoms with E-state index in [1.165, 1.54) is 11.0 Å². The summed E-state index contributed by atoms with van der Waals surface area (Å²) in [7, 11) is 1.67. The van der Waals surface area contributed by atoms with Gasteiger partial charge in [-0.05, 0) is 47.2 Å². The van der Waals surface area contributed by atoms with Gasteiger partial charge in [-0.25, -0.2) is 9.59 Å². The van der Waals surface area contributed by atoms with E-state index in [-0.39, 0.29) is 11.6 Å². The molecule has 98 valence electrons. The van der Waals surface area contributed by atoms with Crippen LogP contribution in [-0.4, -0.2) is 35.6 Å².